The van der Waals surface area contributed by atoms with Gasteiger partial charge in [-0.15, -0.1) is 0 Å². The Hall–Kier alpha value is -6.81. The van der Waals surface area contributed by atoms with E-state index in [1.807, 2.05) is 13.8 Å². The van der Waals surface area contributed by atoms with Gasteiger partial charge in [0, 0.05) is 25.9 Å². The summed E-state index contributed by atoms with van der Waals surface area (Å²) in [7, 11) is 0. The second-order valence-corrected chi connectivity index (χ2v) is 16.3. The van der Waals surface area contributed by atoms with E-state index in [-0.39, 0.29) is 62.8 Å². The van der Waals surface area contributed by atoms with Gasteiger partial charge in [0.05, 0.1) is 19.2 Å². The van der Waals surface area contributed by atoms with E-state index < -0.39 is 103 Å². The molecule has 1 saturated heterocycles. The van der Waals surface area contributed by atoms with Crippen LogP contribution in [0, 0.1) is 5.92 Å². The molecule has 0 aliphatic carbocycles. The number of aliphatic hydroxyl groups excluding tert-OH is 1. The van der Waals surface area contributed by atoms with Gasteiger partial charge in [0.25, 0.3) is 0 Å². The fourth-order valence-electron chi connectivity index (χ4n) is 6.96. The molecule has 0 radical (unpaired) electrons. The molecule has 356 valence electrons. The summed E-state index contributed by atoms with van der Waals surface area (Å²) in [6.45, 7) is 3.97. The summed E-state index contributed by atoms with van der Waals surface area (Å²) < 4.78 is 0. The molecule has 1 fully saturated rings. The maximum atomic E-state index is 14.0. The molecular weight excluding hydrogens is 845 g/mol. The number of aromatic hydroxyl groups is 1. The Bertz CT molecular complexity index is 1980. The van der Waals surface area contributed by atoms with Gasteiger partial charge < -0.3 is 69.9 Å². The Balaban J connectivity index is 1.81. The molecule has 0 unspecified atom stereocenters. The minimum absolute atomic E-state index is 0.0289. The van der Waals surface area contributed by atoms with Crippen molar-refractivity contribution in [3.63, 3.8) is 0 Å². The van der Waals surface area contributed by atoms with E-state index in [0.29, 0.717) is 24.0 Å². The van der Waals surface area contributed by atoms with Crippen LogP contribution in [0.15, 0.2) is 59.6 Å². The third kappa shape index (κ3) is 17.7. The third-order valence-corrected chi connectivity index (χ3v) is 10.4. The number of hydrogen-bond donors (Lipinski definition) is 12. The second kappa shape index (κ2) is 26.1. The average Bonchev–Trinajstić information content (AvgIpc) is 3.76. The molecule has 8 amide bonds. The Morgan fingerprint density at radius 1 is 0.738 bits per heavy atom. The van der Waals surface area contributed by atoms with Gasteiger partial charge in [0.15, 0.2) is 5.96 Å². The van der Waals surface area contributed by atoms with Crippen LogP contribution < -0.4 is 54.8 Å². The second-order valence-electron chi connectivity index (χ2n) is 16.3. The first-order valence-electron chi connectivity index (χ1n) is 21.4. The zero-order valence-corrected chi connectivity index (χ0v) is 37.0. The first-order valence-corrected chi connectivity index (χ1v) is 21.4. The zero-order chi connectivity index (χ0) is 48.2. The Morgan fingerprint density at radius 2 is 1.32 bits per heavy atom. The predicted molar refractivity (Wildman–Crippen MR) is 239 cm³/mol. The molecule has 22 nitrogen and oxygen atoms in total. The maximum Gasteiger partial charge on any atom is 0.245 e. The van der Waals surface area contributed by atoms with Gasteiger partial charge in [-0.05, 0) is 68.2 Å². The van der Waals surface area contributed by atoms with Gasteiger partial charge >= 0.3 is 0 Å². The Morgan fingerprint density at radius 3 is 1.91 bits per heavy atom. The van der Waals surface area contributed by atoms with Crippen LogP contribution in [0.1, 0.15) is 64.0 Å². The molecule has 2 aromatic rings. The minimum Gasteiger partial charge on any atom is -0.508 e. The van der Waals surface area contributed by atoms with Crippen LogP contribution in [-0.4, -0.2) is 137 Å². The van der Waals surface area contributed by atoms with Crippen molar-refractivity contribution in [2.75, 3.05) is 26.2 Å². The van der Waals surface area contributed by atoms with Crippen molar-refractivity contribution in [2.24, 2.45) is 33.8 Å². The van der Waals surface area contributed by atoms with Crippen LogP contribution >= 0.6 is 0 Å². The number of phenols is 1. The molecule has 1 heterocycles. The van der Waals surface area contributed by atoms with E-state index in [4.69, 9.17) is 22.9 Å². The quantitative estimate of drug-likeness (QED) is 0.0263. The monoisotopic (exact) mass is 908 g/mol. The van der Waals surface area contributed by atoms with Crippen molar-refractivity contribution in [2.45, 2.75) is 108 Å². The third-order valence-electron chi connectivity index (χ3n) is 10.4. The molecule has 16 N–H and O–H groups in total. The van der Waals surface area contributed by atoms with Crippen LogP contribution in [-0.2, 0) is 51.2 Å². The average molecular weight is 909 g/mol. The highest BCUT2D eigenvalue weighted by Crippen LogP contribution is 2.21. The summed E-state index contributed by atoms with van der Waals surface area (Å²) in [5.41, 5.74) is 23.1. The molecule has 0 spiro atoms. The predicted octanol–water partition coefficient (Wildman–Crippen LogP) is -3.37. The van der Waals surface area contributed by atoms with Gasteiger partial charge in [-0.3, -0.25) is 43.3 Å². The molecule has 3 rings (SSSR count). The van der Waals surface area contributed by atoms with E-state index in [0.717, 1.165) is 0 Å². The van der Waals surface area contributed by atoms with Gasteiger partial charge in [-0.25, -0.2) is 0 Å². The van der Waals surface area contributed by atoms with Gasteiger partial charge in [0.2, 0.25) is 47.3 Å². The number of rotatable bonds is 25. The number of guanidine groups is 1. The number of nitrogens with zero attached hydrogens (tertiary/aromatic N) is 2. The summed E-state index contributed by atoms with van der Waals surface area (Å²) in [6.07, 6.45) is 1.10. The topological polar surface area (TPSA) is 369 Å². The first kappa shape index (κ1) is 52.5. The minimum atomic E-state index is -1.65. The highest BCUT2D eigenvalue weighted by molar-refractivity contribution is 5.97. The van der Waals surface area contributed by atoms with Crippen molar-refractivity contribution in [3.05, 3.63) is 65.7 Å². The number of carbonyl (C=O) groups is 8. The number of benzene rings is 2. The number of hydrogen-bond acceptors (Lipinski definition) is 12. The molecule has 7 atom stereocenters. The zero-order valence-electron chi connectivity index (χ0n) is 37.0. The number of aliphatic hydroxyl groups is 1. The highest BCUT2D eigenvalue weighted by Gasteiger charge is 2.39. The summed E-state index contributed by atoms with van der Waals surface area (Å²) in [5.74, 6) is -6.17. The lowest BCUT2D eigenvalue weighted by Crippen LogP contribution is -2.60. The van der Waals surface area contributed by atoms with Crippen molar-refractivity contribution < 1.29 is 48.6 Å². The normalized spacial score (nSPS) is 16.1. The SMILES string of the molecule is CC(C)C[C@H](NC(=O)CNC(=O)[C@H](Cc1ccccc1)NC(=O)[C@H](CO)NC(=O)[C@H](Cc1ccc(O)cc1)NC(=O)[C@@H]1CCCN1C(=O)[C@H](CCCN=C(N)N)NC(=O)[C@H](C)N)C(N)=O. The van der Waals surface area contributed by atoms with Crippen molar-refractivity contribution in [3.8, 4) is 5.75 Å². The van der Waals surface area contributed by atoms with Gasteiger partial charge in [-0.1, -0.05) is 56.3 Å². The molecule has 1 aliphatic rings. The largest absolute Gasteiger partial charge is 0.508 e. The van der Waals surface area contributed by atoms with Crippen LogP contribution in [0.5, 0.6) is 5.75 Å². The van der Waals surface area contributed by atoms with Crippen LogP contribution in [0.2, 0.25) is 0 Å². The Kier molecular flexibility index (Phi) is 21.1. The number of primary amides is 1. The molecule has 22 heteroatoms. The Labute approximate surface area is 377 Å². The summed E-state index contributed by atoms with van der Waals surface area (Å²) in [6, 6.07) is 5.94. The van der Waals surface area contributed by atoms with Gasteiger partial charge in [0.1, 0.15) is 42.0 Å². The standard InChI is InChI=1S/C43H64N12O10/c1-24(2)19-30(36(45)59)50-35(58)22-49-38(61)31(20-26-9-5-4-6-10-26)52-40(63)33(23-56)54-39(62)32(21-27-13-15-28(57)16-14-27)53-41(64)34-12-8-18-55(34)42(65)29(51-37(60)25(3)44)11-7-17-48-43(46)47/h4-6,9-10,13-16,24-25,29-34,56-57H,7-8,11-12,17-23,44H2,1-3H3,(H2,45,59)(H,49,61)(H,50,58)(H,51,60)(H,52,63)(H,53,64)(H,54,62)(H4,46,47,48)/t25-,29-,30-,31-,32-,33-,34-/m0/s1. The number of phenolic OH excluding ortho intramolecular Hbond substituents is 1. The molecule has 65 heavy (non-hydrogen) atoms. The van der Waals surface area contributed by atoms with E-state index >= 15 is 0 Å². The number of likely N-dealkylation sites (tertiary alicyclic amines) is 1. The lowest BCUT2D eigenvalue weighted by Gasteiger charge is -2.30. The van der Waals surface area contributed by atoms with E-state index in [1.165, 1.54) is 36.1 Å². The molecule has 0 aromatic heterocycles. The lowest BCUT2D eigenvalue weighted by atomic mass is 10.0. The van der Waals surface area contributed by atoms with Crippen molar-refractivity contribution in [1.82, 2.24) is 36.8 Å². The van der Waals surface area contributed by atoms with Crippen LogP contribution in [0.25, 0.3) is 0 Å². The number of aliphatic imine (C=N–C) groups is 1. The summed E-state index contributed by atoms with van der Waals surface area (Å²) >= 11 is 0. The fourth-order valence-corrected chi connectivity index (χ4v) is 6.96. The summed E-state index contributed by atoms with van der Waals surface area (Å²) in [5, 5.41) is 35.5. The van der Waals surface area contributed by atoms with Crippen LogP contribution in [0.3, 0.4) is 0 Å². The first-order chi connectivity index (χ1) is 30.8. The number of amides is 8. The van der Waals surface area contributed by atoms with E-state index in [9.17, 15) is 48.6 Å². The fraction of sp³-hybridized carbons (Fsp3) is 0.512. The molecule has 1 aliphatic heterocycles. The van der Waals surface area contributed by atoms with Crippen LogP contribution in [0.4, 0.5) is 0 Å². The van der Waals surface area contributed by atoms with E-state index in [2.05, 4.69) is 36.9 Å². The number of nitrogens with two attached hydrogens (primary N) is 4. The molecule has 2 aromatic carbocycles. The number of nitrogens with one attached hydrogen (secondary N) is 6. The smallest absolute Gasteiger partial charge is 0.245 e. The number of carbonyl (C=O) groups excluding carboxylic acids is 8. The molecular formula is C43H64N12O10. The van der Waals surface area contributed by atoms with Gasteiger partial charge in [-0.2, -0.15) is 0 Å². The highest BCUT2D eigenvalue weighted by atomic mass is 16.3. The molecule has 0 saturated carbocycles. The molecule has 0 bridgehead atoms. The van der Waals surface area contributed by atoms with Crippen molar-refractivity contribution >= 4 is 53.2 Å². The summed E-state index contributed by atoms with van der Waals surface area (Å²) in [4.78, 5) is 112. The lowest BCUT2D eigenvalue weighted by molar-refractivity contribution is -0.142. The maximum absolute atomic E-state index is 14.0. The van der Waals surface area contributed by atoms with E-state index in [1.54, 1.807) is 30.3 Å². The van der Waals surface area contributed by atoms with Crippen molar-refractivity contribution in [1.29, 1.82) is 0 Å².